The monoisotopic (exact) mass is 328 g/mol. The smallest absolute Gasteiger partial charge is 0.150 e. The average Bonchev–Trinajstić information content (AvgIpc) is 2.61. The van der Waals surface area contributed by atoms with Crippen LogP contribution in [0.25, 0.3) is 11.3 Å². The van der Waals surface area contributed by atoms with Crippen LogP contribution in [-0.2, 0) is 6.42 Å². The molecule has 0 saturated heterocycles. The molecule has 0 unspecified atom stereocenters. The van der Waals surface area contributed by atoms with Gasteiger partial charge in [-0.2, -0.15) is 0 Å². The Hall–Kier alpha value is -1.20. The number of nitrogens with zero attached hydrogens (tertiary/aromatic N) is 2. The Kier molecular flexibility index (Phi) is 3.82. The second kappa shape index (κ2) is 5.20. The van der Waals surface area contributed by atoms with Gasteiger partial charge in [-0.25, -0.2) is 9.66 Å². The van der Waals surface area contributed by atoms with Crippen LogP contribution in [0, 0.1) is 0 Å². The number of aryl methyl sites for hydroxylation is 1. The number of anilines is 1. The number of rotatable bonds is 3. The average molecular weight is 330 g/mol. The molecule has 18 heavy (non-hydrogen) atoms. The van der Waals surface area contributed by atoms with Crippen LogP contribution in [0.2, 0.25) is 5.02 Å². The molecule has 0 atom stereocenters. The first-order valence-electron chi connectivity index (χ1n) is 5.62. The van der Waals surface area contributed by atoms with E-state index in [2.05, 4.69) is 27.8 Å². The lowest BCUT2D eigenvalue weighted by molar-refractivity contribution is 0.794. The van der Waals surface area contributed by atoms with Crippen molar-refractivity contribution < 1.29 is 0 Å². The molecule has 0 aliphatic heterocycles. The lowest BCUT2D eigenvalue weighted by atomic mass is 10.1. The molecule has 1 heterocycles. The summed E-state index contributed by atoms with van der Waals surface area (Å²) in [5.41, 5.74) is 7.51. The van der Waals surface area contributed by atoms with Gasteiger partial charge in [0, 0.05) is 21.5 Å². The molecule has 0 saturated carbocycles. The van der Waals surface area contributed by atoms with Crippen molar-refractivity contribution in [2.75, 3.05) is 11.6 Å². The molecule has 1 aromatic carbocycles. The molecule has 4 N–H and O–H groups in total. The van der Waals surface area contributed by atoms with E-state index in [1.54, 1.807) is 6.07 Å². The second-order valence-electron chi connectivity index (χ2n) is 4.01. The number of imidazole rings is 1. The zero-order valence-electron chi connectivity index (χ0n) is 9.95. The fourth-order valence-corrected chi connectivity index (χ4v) is 2.38. The number of aromatic nitrogens is 2. The lowest BCUT2D eigenvalue weighted by Gasteiger charge is -2.03. The summed E-state index contributed by atoms with van der Waals surface area (Å²) in [5.74, 6) is 7.12. The van der Waals surface area contributed by atoms with Gasteiger partial charge in [-0.3, -0.25) is 0 Å². The van der Waals surface area contributed by atoms with Crippen molar-refractivity contribution in [2.24, 2.45) is 0 Å². The molecule has 0 amide bonds. The summed E-state index contributed by atoms with van der Waals surface area (Å²) in [6.45, 7) is 2.07. The summed E-state index contributed by atoms with van der Waals surface area (Å²) >= 11 is 9.47. The molecule has 0 radical (unpaired) electrons. The normalized spacial score (nSPS) is 10.8. The number of hydrogen-bond acceptors (Lipinski definition) is 3. The van der Waals surface area contributed by atoms with Crippen LogP contribution < -0.4 is 11.6 Å². The van der Waals surface area contributed by atoms with E-state index in [0.29, 0.717) is 16.5 Å². The van der Waals surface area contributed by atoms with Crippen LogP contribution >= 0.6 is 27.5 Å². The summed E-state index contributed by atoms with van der Waals surface area (Å²) in [7, 11) is 0. The van der Waals surface area contributed by atoms with Crippen molar-refractivity contribution in [3.05, 3.63) is 33.5 Å². The van der Waals surface area contributed by atoms with E-state index in [9.17, 15) is 0 Å². The van der Waals surface area contributed by atoms with Crippen molar-refractivity contribution in [2.45, 2.75) is 19.8 Å². The standard InChI is InChI=1S/C12H14BrClN4/c1-2-3-10-17-11(12(15)18(10)16)8-6-7(14)4-5-9(8)13/h4-6H,2-3,15-16H2,1H3. The van der Waals surface area contributed by atoms with Crippen molar-refractivity contribution >= 4 is 33.3 Å². The highest BCUT2D eigenvalue weighted by Gasteiger charge is 2.16. The third kappa shape index (κ3) is 2.33. The highest BCUT2D eigenvalue weighted by molar-refractivity contribution is 9.10. The van der Waals surface area contributed by atoms with Gasteiger partial charge in [-0.15, -0.1) is 0 Å². The Labute approximate surface area is 119 Å². The molecule has 96 valence electrons. The third-order valence-corrected chi connectivity index (χ3v) is 3.60. The lowest BCUT2D eigenvalue weighted by Crippen LogP contribution is -2.15. The molecule has 2 aromatic rings. The molecular weight excluding hydrogens is 316 g/mol. The van der Waals surface area contributed by atoms with Gasteiger partial charge in [0.15, 0.2) is 5.82 Å². The minimum absolute atomic E-state index is 0.446. The SMILES string of the molecule is CCCc1nc(-c2cc(Cl)ccc2Br)c(N)n1N. The van der Waals surface area contributed by atoms with Crippen LogP contribution in [-0.4, -0.2) is 9.66 Å². The van der Waals surface area contributed by atoms with E-state index in [-0.39, 0.29) is 0 Å². The van der Waals surface area contributed by atoms with Crippen LogP contribution in [0.3, 0.4) is 0 Å². The highest BCUT2D eigenvalue weighted by atomic mass is 79.9. The fraction of sp³-hybridized carbons (Fsp3) is 0.250. The summed E-state index contributed by atoms with van der Waals surface area (Å²) in [4.78, 5) is 4.50. The van der Waals surface area contributed by atoms with Gasteiger partial charge in [0.1, 0.15) is 11.5 Å². The second-order valence-corrected chi connectivity index (χ2v) is 5.30. The summed E-state index contributed by atoms with van der Waals surface area (Å²) in [6.07, 6.45) is 1.75. The minimum Gasteiger partial charge on any atom is -0.382 e. The van der Waals surface area contributed by atoms with E-state index < -0.39 is 0 Å². The Balaban J connectivity index is 2.57. The van der Waals surface area contributed by atoms with Gasteiger partial charge in [-0.05, 0) is 24.6 Å². The molecule has 4 nitrogen and oxygen atoms in total. The van der Waals surface area contributed by atoms with Crippen molar-refractivity contribution in [1.29, 1.82) is 0 Å². The molecule has 2 rings (SSSR count). The van der Waals surface area contributed by atoms with Gasteiger partial charge in [0.2, 0.25) is 0 Å². The predicted molar refractivity (Wildman–Crippen MR) is 78.9 cm³/mol. The zero-order valence-corrected chi connectivity index (χ0v) is 12.3. The van der Waals surface area contributed by atoms with Crippen LogP contribution in [0.4, 0.5) is 5.82 Å². The Morgan fingerprint density at radius 2 is 2.17 bits per heavy atom. The van der Waals surface area contributed by atoms with Crippen molar-refractivity contribution in [1.82, 2.24) is 9.66 Å². The first kappa shape index (κ1) is 13.2. The number of nitrogen functional groups attached to an aromatic ring is 2. The molecule has 0 spiro atoms. The summed E-state index contributed by atoms with van der Waals surface area (Å²) < 4.78 is 2.33. The Morgan fingerprint density at radius 1 is 1.44 bits per heavy atom. The Bertz CT molecular complexity index is 580. The summed E-state index contributed by atoms with van der Waals surface area (Å²) in [6, 6.07) is 5.49. The van der Waals surface area contributed by atoms with Crippen LogP contribution in [0.1, 0.15) is 19.2 Å². The highest BCUT2D eigenvalue weighted by Crippen LogP contribution is 2.33. The van der Waals surface area contributed by atoms with Crippen molar-refractivity contribution in [3.8, 4) is 11.3 Å². The molecule has 0 bridgehead atoms. The largest absolute Gasteiger partial charge is 0.382 e. The molecule has 1 aromatic heterocycles. The zero-order chi connectivity index (χ0) is 13.3. The van der Waals surface area contributed by atoms with E-state index in [0.717, 1.165) is 28.7 Å². The van der Waals surface area contributed by atoms with Gasteiger partial charge in [-0.1, -0.05) is 34.5 Å². The van der Waals surface area contributed by atoms with Crippen LogP contribution in [0.5, 0.6) is 0 Å². The molecular formula is C12H14BrClN4. The van der Waals surface area contributed by atoms with E-state index >= 15 is 0 Å². The van der Waals surface area contributed by atoms with Gasteiger partial charge in [0.25, 0.3) is 0 Å². The van der Waals surface area contributed by atoms with Gasteiger partial charge in [0.05, 0.1) is 0 Å². The van der Waals surface area contributed by atoms with Crippen LogP contribution in [0.15, 0.2) is 22.7 Å². The quantitative estimate of drug-likeness (QED) is 0.849. The summed E-state index contributed by atoms with van der Waals surface area (Å²) in [5, 5.41) is 0.635. The maximum Gasteiger partial charge on any atom is 0.150 e. The minimum atomic E-state index is 0.446. The molecule has 0 fully saturated rings. The topological polar surface area (TPSA) is 69.9 Å². The number of benzene rings is 1. The fourth-order valence-electron chi connectivity index (χ4n) is 1.77. The Morgan fingerprint density at radius 3 is 2.83 bits per heavy atom. The molecule has 6 heteroatoms. The predicted octanol–water partition coefficient (Wildman–Crippen LogP) is 3.21. The molecule has 0 aliphatic carbocycles. The van der Waals surface area contributed by atoms with E-state index in [4.69, 9.17) is 23.2 Å². The number of hydrogen-bond donors (Lipinski definition) is 2. The van der Waals surface area contributed by atoms with Gasteiger partial charge >= 0.3 is 0 Å². The first-order chi connectivity index (χ1) is 8.54. The first-order valence-corrected chi connectivity index (χ1v) is 6.79. The van der Waals surface area contributed by atoms with E-state index in [1.165, 1.54) is 4.68 Å². The number of halogens is 2. The molecule has 0 aliphatic rings. The maximum atomic E-state index is 6.00. The third-order valence-electron chi connectivity index (χ3n) is 2.68. The maximum absolute atomic E-state index is 6.00. The van der Waals surface area contributed by atoms with Gasteiger partial charge < -0.3 is 11.6 Å². The van der Waals surface area contributed by atoms with Crippen molar-refractivity contribution in [3.63, 3.8) is 0 Å². The van der Waals surface area contributed by atoms with E-state index in [1.807, 2.05) is 12.1 Å². The number of nitrogens with two attached hydrogens (primary N) is 2.